The summed E-state index contributed by atoms with van der Waals surface area (Å²) in [5, 5.41) is 14.0. The number of nitrogens with zero attached hydrogens (tertiary/aromatic N) is 3. The fourth-order valence-electron chi connectivity index (χ4n) is 2.74. The van der Waals surface area contributed by atoms with Gasteiger partial charge in [0.25, 0.3) is 5.91 Å². The Kier molecular flexibility index (Phi) is 6.20. The lowest BCUT2D eigenvalue weighted by molar-refractivity contribution is -0.137. The van der Waals surface area contributed by atoms with E-state index in [-0.39, 0.29) is 18.9 Å². The van der Waals surface area contributed by atoms with Gasteiger partial charge in [0.05, 0.1) is 24.2 Å². The van der Waals surface area contributed by atoms with Crippen LogP contribution in [0.1, 0.15) is 40.7 Å². The lowest BCUT2D eigenvalue weighted by atomic mass is 10.1. The molecule has 2 aromatic rings. The molecule has 0 radical (unpaired) electrons. The van der Waals surface area contributed by atoms with Crippen molar-refractivity contribution in [2.45, 2.75) is 33.7 Å². The van der Waals surface area contributed by atoms with Crippen LogP contribution in [-0.4, -0.2) is 44.8 Å². The monoisotopic (exact) mass is 363 g/mol. The first-order valence-electron chi connectivity index (χ1n) is 8.13. The number of carboxylic acids is 1. The Morgan fingerprint density at radius 2 is 1.96 bits per heavy atom. The van der Waals surface area contributed by atoms with Gasteiger partial charge in [0.2, 0.25) is 0 Å². The number of hydrogen-bond donors (Lipinski definition) is 1. The minimum Gasteiger partial charge on any atom is -0.481 e. The molecule has 2 rings (SSSR count). The average Bonchev–Trinajstić information content (AvgIpc) is 2.83. The van der Waals surface area contributed by atoms with Crippen molar-refractivity contribution >= 4 is 23.5 Å². The standard InChI is InChI=1S/C18H22ClN3O3/c1-4-21(10-9-16(23)24)18(25)17-12(2)20-22(13(17)3)11-14-7-5-6-8-15(14)19/h5-8H,4,9-11H2,1-3H3,(H,23,24). The summed E-state index contributed by atoms with van der Waals surface area (Å²) in [6, 6.07) is 7.51. The Bertz CT molecular complexity index is 786. The number of rotatable bonds is 7. The zero-order chi connectivity index (χ0) is 18.6. The van der Waals surface area contributed by atoms with E-state index in [2.05, 4.69) is 5.10 Å². The van der Waals surface area contributed by atoms with Crippen LogP contribution in [0.4, 0.5) is 0 Å². The van der Waals surface area contributed by atoms with Crippen LogP contribution in [0.2, 0.25) is 5.02 Å². The van der Waals surface area contributed by atoms with Crippen LogP contribution in [-0.2, 0) is 11.3 Å². The lowest BCUT2D eigenvalue weighted by Gasteiger charge is -2.20. The van der Waals surface area contributed by atoms with E-state index in [9.17, 15) is 9.59 Å². The van der Waals surface area contributed by atoms with E-state index in [4.69, 9.17) is 16.7 Å². The summed E-state index contributed by atoms with van der Waals surface area (Å²) in [7, 11) is 0. The molecule has 0 atom stereocenters. The molecule has 0 aliphatic carbocycles. The molecule has 0 fully saturated rings. The average molecular weight is 364 g/mol. The van der Waals surface area contributed by atoms with Crippen LogP contribution in [0.5, 0.6) is 0 Å². The number of aryl methyl sites for hydroxylation is 1. The Labute approximate surface area is 152 Å². The summed E-state index contributed by atoms with van der Waals surface area (Å²) in [6.07, 6.45) is -0.0779. The fraction of sp³-hybridized carbons (Fsp3) is 0.389. The number of carboxylic acid groups (broad SMARTS) is 1. The number of amides is 1. The van der Waals surface area contributed by atoms with Crippen molar-refractivity contribution < 1.29 is 14.7 Å². The van der Waals surface area contributed by atoms with Gasteiger partial charge >= 0.3 is 5.97 Å². The van der Waals surface area contributed by atoms with E-state index in [0.717, 1.165) is 11.3 Å². The molecule has 1 N–H and O–H groups in total. The minimum absolute atomic E-state index is 0.0779. The molecule has 0 saturated carbocycles. The molecule has 0 aliphatic rings. The van der Waals surface area contributed by atoms with Gasteiger partial charge in [-0.25, -0.2) is 0 Å². The van der Waals surface area contributed by atoms with Crippen molar-refractivity contribution in [3.8, 4) is 0 Å². The van der Waals surface area contributed by atoms with E-state index in [1.807, 2.05) is 38.1 Å². The lowest BCUT2D eigenvalue weighted by Crippen LogP contribution is -2.33. The largest absolute Gasteiger partial charge is 0.481 e. The van der Waals surface area contributed by atoms with E-state index in [1.54, 1.807) is 11.6 Å². The molecule has 0 bridgehead atoms. The van der Waals surface area contributed by atoms with E-state index < -0.39 is 5.97 Å². The van der Waals surface area contributed by atoms with Crippen LogP contribution < -0.4 is 0 Å². The highest BCUT2D eigenvalue weighted by atomic mass is 35.5. The second-order valence-corrected chi connectivity index (χ2v) is 6.23. The minimum atomic E-state index is -0.922. The number of benzene rings is 1. The van der Waals surface area contributed by atoms with Gasteiger partial charge in [0.1, 0.15) is 0 Å². The van der Waals surface area contributed by atoms with Gasteiger partial charge in [0.15, 0.2) is 0 Å². The molecule has 1 amide bonds. The van der Waals surface area contributed by atoms with Gasteiger partial charge in [-0.15, -0.1) is 0 Å². The molecule has 1 heterocycles. The van der Waals surface area contributed by atoms with Crippen molar-refractivity contribution in [3.05, 3.63) is 51.8 Å². The van der Waals surface area contributed by atoms with Crippen LogP contribution >= 0.6 is 11.6 Å². The predicted molar refractivity (Wildman–Crippen MR) is 96.1 cm³/mol. The number of halogens is 1. The third-order valence-electron chi connectivity index (χ3n) is 4.14. The summed E-state index contributed by atoms with van der Waals surface area (Å²) in [4.78, 5) is 25.1. The second-order valence-electron chi connectivity index (χ2n) is 5.82. The van der Waals surface area contributed by atoms with Gasteiger partial charge < -0.3 is 10.0 Å². The summed E-state index contributed by atoms with van der Waals surface area (Å²) in [5.74, 6) is -1.11. The van der Waals surface area contributed by atoms with Crippen molar-refractivity contribution in [1.29, 1.82) is 0 Å². The molecule has 6 nitrogen and oxygen atoms in total. The molecule has 0 saturated heterocycles. The van der Waals surface area contributed by atoms with Crippen molar-refractivity contribution in [2.24, 2.45) is 0 Å². The molecule has 0 aliphatic heterocycles. The zero-order valence-electron chi connectivity index (χ0n) is 14.6. The maximum absolute atomic E-state index is 12.8. The highest BCUT2D eigenvalue weighted by Crippen LogP contribution is 2.20. The maximum Gasteiger partial charge on any atom is 0.305 e. The van der Waals surface area contributed by atoms with Gasteiger partial charge in [-0.3, -0.25) is 14.3 Å². The first-order valence-corrected chi connectivity index (χ1v) is 8.51. The van der Waals surface area contributed by atoms with Crippen molar-refractivity contribution in [1.82, 2.24) is 14.7 Å². The number of aliphatic carboxylic acids is 1. The number of carbonyl (C=O) groups excluding carboxylic acids is 1. The van der Waals surface area contributed by atoms with Gasteiger partial charge in [-0.05, 0) is 32.4 Å². The Morgan fingerprint density at radius 1 is 1.28 bits per heavy atom. The van der Waals surface area contributed by atoms with Gasteiger partial charge in [-0.1, -0.05) is 29.8 Å². The highest BCUT2D eigenvalue weighted by Gasteiger charge is 2.23. The van der Waals surface area contributed by atoms with Crippen LogP contribution in [0, 0.1) is 13.8 Å². The molecule has 0 spiro atoms. The van der Waals surface area contributed by atoms with E-state index in [1.165, 1.54) is 4.90 Å². The second kappa shape index (κ2) is 8.16. The molecular formula is C18H22ClN3O3. The molecule has 1 aromatic carbocycles. The van der Waals surface area contributed by atoms with Crippen LogP contribution in [0.3, 0.4) is 0 Å². The van der Waals surface area contributed by atoms with Crippen LogP contribution in [0.25, 0.3) is 0 Å². The first kappa shape index (κ1) is 19.0. The van der Waals surface area contributed by atoms with Crippen molar-refractivity contribution in [2.75, 3.05) is 13.1 Å². The Balaban J connectivity index is 2.27. The first-order chi connectivity index (χ1) is 11.8. The topological polar surface area (TPSA) is 75.4 Å². The van der Waals surface area contributed by atoms with E-state index in [0.29, 0.717) is 29.4 Å². The third kappa shape index (κ3) is 4.39. The SMILES string of the molecule is CCN(CCC(=O)O)C(=O)c1c(C)nn(Cc2ccccc2Cl)c1C. The summed E-state index contributed by atoms with van der Waals surface area (Å²) >= 11 is 6.21. The summed E-state index contributed by atoms with van der Waals surface area (Å²) < 4.78 is 1.76. The molecular weight excluding hydrogens is 342 g/mol. The Morgan fingerprint density at radius 3 is 2.56 bits per heavy atom. The predicted octanol–water partition coefficient (Wildman–Crippen LogP) is 3.14. The number of carbonyl (C=O) groups is 2. The van der Waals surface area contributed by atoms with Crippen LogP contribution in [0.15, 0.2) is 24.3 Å². The number of hydrogen-bond acceptors (Lipinski definition) is 3. The summed E-state index contributed by atoms with van der Waals surface area (Å²) in [5.41, 5.74) is 2.82. The highest BCUT2D eigenvalue weighted by molar-refractivity contribution is 6.31. The number of aromatic nitrogens is 2. The fourth-order valence-corrected chi connectivity index (χ4v) is 2.94. The molecule has 0 unspecified atom stereocenters. The maximum atomic E-state index is 12.8. The van der Waals surface area contributed by atoms with Gasteiger partial charge in [-0.2, -0.15) is 5.10 Å². The molecule has 1 aromatic heterocycles. The molecule has 25 heavy (non-hydrogen) atoms. The summed E-state index contributed by atoms with van der Waals surface area (Å²) in [6.45, 7) is 6.56. The Hall–Kier alpha value is -2.34. The normalized spacial score (nSPS) is 10.7. The van der Waals surface area contributed by atoms with E-state index >= 15 is 0 Å². The zero-order valence-corrected chi connectivity index (χ0v) is 15.4. The smallest absolute Gasteiger partial charge is 0.305 e. The third-order valence-corrected chi connectivity index (χ3v) is 4.51. The molecule has 134 valence electrons. The quantitative estimate of drug-likeness (QED) is 0.820. The van der Waals surface area contributed by atoms with Crippen molar-refractivity contribution in [3.63, 3.8) is 0 Å². The van der Waals surface area contributed by atoms with Gasteiger partial charge in [0, 0.05) is 23.8 Å². The molecule has 7 heteroatoms.